The third-order valence-corrected chi connectivity index (χ3v) is 12.9. The lowest BCUT2D eigenvalue weighted by molar-refractivity contribution is 1.63. The highest BCUT2D eigenvalue weighted by Gasteiger charge is 2.30. The van der Waals surface area contributed by atoms with Crippen molar-refractivity contribution in [3.8, 4) is 0 Å². The molecule has 0 aliphatic heterocycles. The van der Waals surface area contributed by atoms with E-state index in [2.05, 4.69) is 124 Å². The number of benzene rings is 2. The quantitative estimate of drug-likeness (QED) is 0.438. The lowest BCUT2D eigenvalue weighted by atomic mass is 10.4. The lowest BCUT2D eigenvalue weighted by Crippen LogP contribution is -2.47. The Morgan fingerprint density at radius 2 is 1.12 bits per heavy atom. The average molecular weight is 395 g/mol. The molecule has 0 aliphatic rings. The van der Waals surface area contributed by atoms with E-state index in [0.29, 0.717) is 0 Å². The van der Waals surface area contributed by atoms with Crippen molar-refractivity contribution >= 4 is 34.6 Å². The van der Waals surface area contributed by atoms with Crippen LogP contribution < -0.4 is 10.4 Å². The molecule has 0 radical (unpaired) electrons. The van der Waals surface area contributed by atoms with Crippen LogP contribution in [-0.2, 0) is 0 Å². The van der Waals surface area contributed by atoms with Crippen LogP contribution in [0.4, 0.5) is 0 Å². The largest absolute Gasteiger partial charge is 0.111 e. The van der Waals surface area contributed by atoms with Crippen molar-refractivity contribution in [1.82, 2.24) is 0 Å². The van der Waals surface area contributed by atoms with Gasteiger partial charge in [-0.25, -0.2) is 0 Å². The monoisotopic (exact) mass is 394 g/mol. The molecule has 3 heteroatoms. The highest BCUT2D eigenvalue weighted by molar-refractivity contribution is 7.00. The zero-order valence-electron chi connectivity index (χ0n) is 17.5. The van der Waals surface area contributed by atoms with E-state index in [4.69, 9.17) is 0 Å². The van der Waals surface area contributed by atoms with Gasteiger partial charge in [-0.15, -0.1) is 0 Å². The highest BCUT2D eigenvalue weighted by atomic mass is 28.3. The molecule has 2 aromatic carbocycles. The fourth-order valence-electron chi connectivity index (χ4n) is 3.14. The van der Waals surface area contributed by atoms with Crippen molar-refractivity contribution in [2.24, 2.45) is 0 Å². The third kappa shape index (κ3) is 5.53. The fraction of sp³-hybridized carbons (Fsp3) is 0.304. The molecule has 0 saturated heterocycles. The second kappa shape index (κ2) is 8.07. The van der Waals surface area contributed by atoms with Gasteiger partial charge in [0.25, 0.3) is 0 Å². The molecule has 2 rings (SSSR count). The summed E-state index contributed by atoms with van der Waals surface area (Å²) in [6.45, 7) is 17.2. The van der Waals surface area contributed by atoms with Crippen molar-refractivity contribution in [1.29, 1.82) is 0 Å². The molecule has 0 heterocycles. The van der Waals surface area contributed by atoms with E-state index in [1.54, 1.807) is 5.20 Å². The molecule has 0 aliphatic carbocycles. The van der Waals surface area contributed by atoms with Crippen LogP contribution in [0.5, 0.6) is 0 Å². The molecular formula is C23H34Si3. The predicted octanol–water partition coefficient (Wildman–Crippen LogP) is 5.66. The van der Waals surface area contributed by atoms with E-state index in [9.17, 15) is 0 Å². The van der Waals surface area contributed by atoms with Crippen LogP contribution in [0.1, 0.15) is 0 Å². The van der Waals surface area contributed by atoms with Crippen molar-refractivity contribution in [3.05, 3.63) is 83.3 Å². The van der Waals surface area contributed by atoms with Crippen molar-refractivity contribution < 1.29 is 0 Å². The normalized spacial score (nSPS) is 14.0. The van der Waals surface area contributed by atoms with Crippen molar-refractivity contribution in [2.45, 2.75) is 45.8 Å². The van der Waals surface area contributed by atoms with Gasteiger partial charge in [-0.3, -0.25) is 0 Å². The van der Waals surface area contributed by atoms with Crippen LogP contribution >= 0.6 is 0 Å². The molecule has 0 fully saturated rings. The van der Waals surface area contributed by atoms with Gasteiger partial charge in [0.2, 0.25) is 0 Å². The minimum atomic E-state index is -1.72. The molecule has 0 bridgehead atoms. The van der Waals surface area contributed by atoms with Crippen LogP contribution in [0, 0.1) is 0 Å². The minimum absolute atomic E-state index is 1.24. The first kappa shape index (κ1) is 20.9. The summed E-state index contributed by atoms with van der Waals surface area (Å²) in [5, 5.41) is 4.62. The van der Waals surface area contributed by atoms with Crippen LogP contribution in [0.25, 0.3) is 0 Å². The molecule has 0 amide bonds. The fourth-order valence-corrected chi connectivity index (χ4v) is 10.5. The van der Waals surface area contributed by atoms with Crippen LogP contribution in [0.2, 0.25) is 45.8 Å². The standard InChI is InChI=1S/C23H34Si3/c1-24(2,3)19-18-23(26(6,7)22-16-12-9-13-17-22)20-25(4,5)21-14-10-8-11-15-21/h8-20H,1-7H3/b19-18+,23-20+. The summed E-state index contributed by atoms with van der Waals surface area (Å²) in [4.78, 5) is 0. The zero-order chi connectivity index (χ0) is 19.4. The van der Waals surface area contributed by atoms with Gasteiger partial charge in [0.1, 0.15) is 16.1 Å². The van der Waals surface area contributed by atoms with Crippen molar-refractivity contribution in [2.75, 3.05) is 0 Å². The van der Waals surface area contributed by atoms with Crippen LogP contribution in [0.3, 0.4) is 0 Å². The summed E-state index contributed by atoms with van der Waals surface area (Å²) in [6.07, 6.45) is 2.49. The predicted molar refractivity (Wildman–Crippen MR) is 128 cm³/mol. The summed E-state index contributed by atoms with van der Waals surface area (Å²) in [5.74, 6) is 0. The Bertz CT molecular complexity index is 764. The van der Waals surface area contributed by atoms with Gasteiger partial charge in [-0.2, -0.15) is 0 Å². The molecule has 138 valence electrons. The first-order valence-electron chi connectivity index (χ1n) is 9.56. The Morgan fingerprint density at radius 3 is 1.58 bits per heavy atom. The summed E-state index contributed by atoms with van der Waals surface area (Å²) >= 11 is 0. The highest BCUT2D eigenvalue weighted by Crippen LogP contribution is 2.21. The third-order valence-electron chi connectivity index (χ3n) is 5.01. The molecule has 0 N–H and O–H groups in total. The lowest BCUT2D eigenvalue weighted by Gasteiger charge is -2.29. The Labute approximate surface area is 163 Å². The Morgan fingerprint density at radius 1 is 0.654 bits per heavy atom. The van der Waals surface area contributed by atoms with Gasteiger partial charge in [0.05, 0.1) is 8.07 Å². The summed E-state index contributed by atoms with van der Waals surface area (Å²) in [6, 6.07) is 22.2. The molecule has 0 spiro atoms. The number of hydrogen-bond acceptors (Lipinski definition) is 0. The van der Waals surface area contributed by atoms with E-state index >= 15 is 0 Å². The number of rotatable bonds is 6. The van der Waals surface area contributed by atoms with Crippen molar-refractivity contribution in [3.63, 3.8) is 0 Å². The summed E-state index contributed by atoms with van der Waals surface area (Å²) < 4.78 is 0. The molecule has 0 aromatic heterocycles. The molecular weight excluding hydrogens is 361 g/mol. The smallest absolute Gasteiger partial charge is 0.0951 e. The van der Waals surface area contributed by atoms with E-state index in [1.165, 1.54) is 10.4 Å². The number of hydrogen-bond donors (Lipinski definition) is 0. The Hall–Kier alpha value is -1.43. The summed E-state index contributed by atoms with van der Waals surface area (Å²) in [7, 11) is -4.60. The topological polar surface area (TPSA) is 0 Å². The van der Waals surface area contributed by atoms with Crippen LogP contribution in [0.15, 0.2) is 83.3 Å². The van der Waals surface area contributed by atoms with Gasteiger partial charge in [-0.1, -0.05) is 140 Å². The molecule has 0 saturated carbocycles. The van der Waals surface area contributed by atoms with E-state index in [0.717, 1.165) is 0 Å². The summed E-state index contributed by atoms with van der Waals surface area (Å²) in [5.41, 5.74) is 5.18. The molecule has 2 aromatic rings. The molecule has 26 heavy (non-hydrogen) atoms. The van der Waals surface area contributed by atoms with Gasteiger partial charge in [0.15, 0.2) is 0 Å². The molecule has 0 unspecified atom stereocenters. The average Bonchev–Trinajstić information content (AvgIpc) is 2.59. The SMILES string of the molecule is C[Si](C)(C)/C=C/C(=C\[Si](C)(C)c1ccccc1)[Si](C)(C)c1ccccc1. The van der Waals surface area contributed by atoms with Gasteiger partial charge < -0.3 is 0 Å². The number of allylic oxidation sites excluding steroid dienone is 2. The maximum atomic E-state index is 2.66. The van der Waals surface area contributed by atoms with Gasteiger partial charge in [-0.05, 0) is 0 Å². The minimum Gasteiger partial charge on any atom is -0.0951 e. The maximum Gasteiger partial charge on any atom is 0.111 e. The second-order valence-corrected chi connectivity index (χ2v) is 23.2. The zero-order valence-corrected chi connectivity index (χ0v) is 20.5. The maximum absolute atomic E-state index is 2.66. The van der Waals surface area contributed by atoms with E-state index in [-0.39, 0.29) is 0 Å². The second-order valence-electron chi connectivity index (χ2n) is 9.38. The van der Waals surface area contributed by atoms with Gasteiger partial charge in [0, 0.05) is 0 Å². The Kier molecular flexibility index (Phi) is 6.48. The first-order chi connectivity index (χ1) is 12.0. The molecule has 0 nitrogen and oxygen atoms in total. The van der Waals surface area contributed by atoms with E-state index in [1.807, 2.05) is 0 Å². The Balaban J connectivity index is 2.56. The first-order valence-corrected chi connectivity index (χ1v) is 19.2. The van der Waals surface area contributed by atoms with Gasteiger partial charge >= 0.3 is 0 Å². The molecule has 0 atom stereocenters. The van der Waals surface area contributed by atoms with E-state index < -0.39 is 24.2 Å². The van der Waals surface area contributed by atoms with Crippen LogP contribution in [-0.4, -0.2) is 24.2 Å².